The fourth-order valence-electron chi connectivity index (χ4n) is 8.21. The van der Waals surface area contributed by atoms with Gasteiger partial charge in [-0.2, -0.15) is 0 Å². The largest absolute Gasteiger partial charge is 0.756 e. The number of likely N-dealkylation sites (N-methyl/N-ethyl adjacent to an activating group) is 1. The van der Waals surface area contributed by atoms with Crippen LogP contribution in [0.3, 0.4) is 0 Å². The van der Waals surface area contributed by atoms with Crippen LogP contribution < -0.4 is 10.2 Å². The van der Waals surface area contributed by atoms with Crippen molar-refractivity contribution in [2.75, 3.05) is 40.9 Å². The van der Waals surface area contributed by atoms with Gasteiger partial charge in [-0.1, -0.05) is 257 Å². The van der Waals surface area contributed by atoms with Gasteiger partial charge in [-0.25, -0.2) is 0 Å². The topological polar surface area (TPSA) is 108 Å². The summed E-state index contributed by atoms with van der Waals surface area (Å²) in [5, 5.41) is 13.9. The number of phosphoric acid groups is 1. The second-order valence-electron chi connectivity index (χ2n) is 19.9. The SMILES string of the molecule is CCCCCCCCCCCCCCCCC/C=C/C(O)C(COP(=O)([O-])OCC[N+](C)(C)C)NC(=O)CCCCCCCCCCCCCCCCCCCCCCCCC. The summed E-state index contributed by atoms with van der Waals surface area (Å²) in [6.07, 6.45) is 54.1. The number of carbonyl (C=O) groups is 1. The monoisotopic (exact) mass is 899 g/mol. The molecule has 1 amide bonds. The number of unbranched alkanes of at least 4 members (excludes halogenated alkanes) is 37. The Morgan fingerprint density at radius 3 is 1.21 bits per heavy atom. The summed E-state index contributed by atoms with van der Waals surface area (Å²) < 4.78 is 23.3. The zero-order chi connectivity index (χ0) is 45.7. The highest BCUT2D eigenvalue weighted by molar-refractivity contribution is 7.45. The van der Waals surface area contributed by atoms with Gasteiger partial charge in [0.15, 0.2) is 0 Å². The van der Waals surface area contributed by atoms with Gasteiger partial charge in [-0.05, 0) is 19.3 Å². The van der Waals surface area contributed by atoms with Gasteiger partial charge in [-0.3, -0.25) is 9.36 Å². The maximum Gasteiger partial charge on any atom is 0.268 e. The maximum atomic E-state index is 12.9. The zero-order valence-corrected chi connectivity index (χ0v) is 43.0. The van der Waals surface area contributed by atoms with Crippen LogP contribution in [0.1, 0.15) is 271 Å². The van der Waals surface area contributed by atoms with Crippen molar-refractivity contribution < 1.29 is 32.9 Å². The quantitative estimate of drug-likeness (QED) is 0.0272. The van der Waals surface area contributed by atoms with E-state index >= 15 is 0 Å². The average Bonchev–Trinajstić information content (AvgIpc) is 3.23. The molecule has 0 bridgehead atoms. The van der Waals surface area contributed by atoms with Crippen molar-refractivity contribution in [1.29, 1.82) is 0 Å². The lowest BCUT2D eigenvalue weighted by atomic mass is 10.0. The average molecular weight is 899 g/mol. The molecule has 0 saturated heterocycles. The maximum absolute atomic E-state index is 12.9. The zero-order valence-electron chi connectivity index (χ0n) is 42.1. The lowest BCUT2D eigenvalue weighted by molar-refractivity contribution is -0.870. The molecule has 9 heteroatoms. The van der Waals surface area contributed by atoms with Gasteiger partial charge in [0.1, 0.15) is 13.2 Å². The normalized spacial score (nSPS) is 14.1. The van der Waals surface area contributed by atoms with E-state index in [1.54, 1.807) is 6.08 Å². The molecule has 0 aromatic rings. The third-order valence-corrected chi connectivity index (χ3v) is 13.5. The molecule has 3 atom stereocenters. The van der Waals surface area contributed by atoms with Crippen molar-refractivity contribution in [3.8, 4) is 0 Å². The van der Waals surface area contributed by atoms with Crippen LogP contribution in [-0.2, 0) is 18.4 Å². The molecule has 0 aliphatic carbocycles. The lowest BCUT2D eigenvalue weighted by Crippen LogP contribution is -2.45. The number of amides is 1. The first-order valence-corrected chi connectivity index (χ1v) is 28.5. The number of quaternary nitrogens is 1. The van der Waals surface area contributed by atoms with E-state index in [0.29, 0.717) is 17.4 Å². The standard InChI is InChI=1S/C53H107N2O6P/c1-6-8-10-12-14-16-18-20-22-24-25-26-27-28-29-31-33-35-37-39-41-43-45-47-53(57)54-51(50-61-62(58,59)60-49-48-55(3,4)5)52(56)46-44-42-40-38-36-34-32-30-23-21-19-17-15-13-11-9-7-2/h44,46,51-52,56H,6-43,45,47-50H2,1-5H3,(H-,54,57,58,59)/b46-44+. The number of hydrogen-bond donors (Lipinski definition) is 2. The third-order valence-electron chi connectivity index (χ3n) is 12.5. The van der Waals surface area contributed by atoms with Crippen LogP contribution in [0.25, 0.3) is 0 Å². The smallest absolute Gasteiger partial charge is 0.268 e. The summed E-state index contributed by atoms with van der Waals surface area (Å²) in [6.45, 7) is 4.69. The minimum atomic E-state index is -4.59. The molecule has 2 N–H and O–H groups in total. The Hall–Kier alpha value is -0.760. The predicted octanol–water partition coefficient (Wildman–Crippen LogP) is 15.2. The molecule has 370 valence electrons. The molecular weight excluding hydrogens is 792 g/mol. The molecule has 0 aliphatic heterocycles. The van der Waals surface area contributed by atoms with Crippen molar-refractivity contribution in [1.82, 2.24) is 5.32 Å². The number of allylic oxidation sites excluding steroid dienone is 1. The number of aliphatic hydroxyl groups excluding tert-OH is 1. The number of phosphoric ester groups is 1. The van der Waals surface area contributed by atoms with Crippen molar-refractivity contribution in [3.05, 3.63) is 12.2 Å². The van der Waals surface area contributed by atoms with Crippen molar-refractivity contribution in [2.45, 2.75) is 283 Å². The van der Waals surface area contributed by atoms with Crippen molar-refractivity contribution in [2.24, 2.45) is 0 Å². The first-order valence-electron chi connectivity index (χ1n) is 27.1. The Kier molecular flexibility index (Phi) is 44.8. The second-order valence-corrected chi connectivity index (χ2v) is 21.4. The summed E-state index contributed by atoms with van der Waals surface area (Å²) in [4.78, 5) is 25.4. The van der Waals surface area contributed by atoms with Crippen LogP contribution in [0, 0.1) is 0 Å². The van der Waals surface area contributed by atoms with Gasteiger partial charge in [-0.15, -0.1) is 0 Å². The fourth-order valence-corrected chi connectivity index (χ4v) is 8.94. The van der Waals surface area contributed by atoms with Gasteiger partial charge in [0.2, 0.25) is 5.91 Å². The number of rotatable bonds is 50. The lowest BCUT2D eigenvalue weighted by Gasteiger charge is -2.29. The fraction of sp³-hybridized carbons (Fsp3) is 0.943. The molecule has 0 spiro atoms. The van der Waals surface area contributed by atoms with Gasteiger partial charge in [0, 0.05) is 6.42 Å². The van der Waals surface area contributed by atoms with Crippen LogP contribution in [0.5, 0.6) is 0 Å². The first-order chi connectivity index (χ1) is 30.0. The van der Waals surface area contributed by atoms with E-state index in [1.807, 2.05) is 27.2 Å². The van der Waals surface area contributed by atoms with E-state index in [-0.39, 0.29) is 19.1 Å². The highest BCUT2D eigenvalue weighted by Crippen LogP contribution is 2.38. The minimum absolute atomic E-state index is 0.00253. The Labute approximate surface area is 386 Å². The molecule has 0 aromatic heterocycles. The predicted molar refractivity (Wildman–Crippen MR) is 266 cm³/mol. The van der Waals surface area contributed by atoms with Crippen LogP contribution in [0.2, 0.25) is 0 Å². The molecule has 0 heterocycles. The van der Waals surface area contributed by atoms with Gasteiger partial charge in [0.25, 0.3) is 7.82 Å². The highest BCUT2D eigenvalue weighted by atomic mass is 31.2. The molecule has 62 heavy (non-hydrogen) atoms. The Bertz CT molecular complexity index is 1020. The first kappa shape index (κ1) is 61.2. The van der Waals surface area contributed by atoms with Crippen molar-refractivity contribution >= 4 is 13.7 Å². The number of nitrogens with one attached hydrogen (secondary N) is 1. The second kappa shape index (κ2) is 45.4. The Balaban J connectivity index is 4.21. The van der Waals surface area contributed by atoms with Crippen LogP contribution in [-0.4, -0.2) is 68.5 Å². The van der Waals surface area contributed by atoms with Gasteiger partial charge < -0.3 is 28.8 Å². The molecule has 0 fully saturated rings. The Morgan fingerprint density at radius 1 is 0.548 bits per heavy atom. The van der Waals surface area contributed by atoms with Gasteiger partial charge in [0.05, 0.1) is 39.9 Å². The molecular formula is C53H107N2O6P. The third kappa shape index (κ3) is 47.2. The summed E-state index contributed by atoms with van der Waals surface area (Å²) in [7, 11) is 1.28. The minimum Gasteiger partial charge on any atom is -0.756 e. The number of hydrogen-bond acceptors (Lipinski definition) is 6. The number of nitrogens with zero attached hydrogens (tertiary/aromatic N) is 1. The van der Waals surface area contributed by atoms with E-state index in [0.717, 1.165) is 38.5 Å². The summed E-state index contributed by atoms with van der Waals surface area (Å²) in [6, 6.07) is -0.881. The molecule has 0 radical (unpaired) electrons. The molecule has 3 unspecified atom stereocenters. The molecule has 0 aromatic carbocycles. The van der Waals surface area contributed by atoms with E-state index in [9.17, 15) is 19.4 Å². The van der Waals surface area contributed by atoms with Crippen molar-refractivity contribution in [3.63, 3.8) is 0 Å². The molecule has 0 rings (SSSR count). The van der Waals surface area contributed by atoms with E-state index < -0.39 is 20.0 Å². The van der Waals surface area contributed by atoms with Crippen LogP contribution in [0.4, 0.5) is 0 Å². The highest BCUT2D eigenvalue weighted by Gasteiger charge is 2.23. The number of carbonyl (C=O) groups excluding carboxylic acids is 1. The number of aliphatic hydroxyl groups is 1. The van der Waals surface area contributed by atoms with Crippen LogP contribution in [0.15, 0.2) is 12.2 Å². The molecule has 0 saturated carbocycles. The molecule has 0 aliphatic rings. The summed E-state index contributed by atoms with van der Waals surface area (Å²) in [5.41, 5.74) is 0. The van der Waals surface area contributed by atoms with E-state index in [4.69, 9.17) is 9.05 Å². The van der Waals surface area contributed by atoms with E-state index in [1.165, 1.54) is 212 Å². The summed E-state index contributed by atoms with van der Waals surface area (Å²) in [5.74, 6) is -0.191. The summed E-state index contributed by atoms with van der Waals surface area (Å²) >= 11 is 0. The van der Waals surface area contributed by atoms with Crippen LogP contribution >= 0.6 is 7.82 Å². The van der Waals surface area contributed by atoms with E-state index in [2.05, 4.69) is 19.2 Å². The van der Waals surface area contributed by atoms with Gasteiger partial charge >= 0.3 is 0 Å². The molecule has 8 nitrogen and oxygen atoms in total. The Morgan fingerprint density at radius 2 is 0.871 bits per heavy atom.